The molecule has 2 aliphatic rings. The van der Waals surface area contributed by atoms with Gasteiger partial charge in [0, 0.05) is 22.7 Å². The van der Waals surface area contributed by atoms with Crippen molar-refractivity contribution in [3.05, 3.63) is 76.2 Å². The zero-order valence-electron chi connectivity index (χ0n) is 20.7. The smallest absolute Gasteiger partial charge is 0.277 e. The summed E-state index contributed by atoms with van der Waals surface area (Å²) in [6.45, 7) is 9.40. The number of amides is 2. The minimum absolute atomic E-state index is 0.109. The highest BCUT2D eigenvalue weighted by Gasteiger charge is 2.36. The fourth-order valence-electron chi connectivity index (χ4n) is 5.12. The zero-order chi connectivity index (χ0) is 24.7. The maximum absolute atomic E-state index is 13.6. The van der Waals surface area contributed by atoms with Crippen LogP contribution in [0.4, 0.5) is 16.4 Å². The van der Waals surface area contributed by atoms with E-state index in [9.17, 15) is 9.59 Å². The van der Waals surface area contributed by atoms with Gasteiger partial charge in [-0.25, -0.2) is 4.99 Å². The molecule has 5 rings (SSSR count). The summed E-state index contributed by atoms with van der Waals surface area (Å²) >= 11 is 1.57. The van der Waals surface area contributed by atoms with Gasteiger partial charge in [0.2, 0.25) is 0 Å². The third kappa shape index (κ3) is 4.31. The Labute approximate surface area is 210 Å². The summed E-state index contributed by atoms with van der Waals surface area (Å²) < 4.78 is 0. The van der Waals surface area contributed by atoms with E-state index in [4.69, 9.17) is 4.99 Å². The molecule has 2 aromatic carbocycles. The number of benzene rings is 2. The lowest BCUT2D eigenvalue weighted by Crippen LogP contribution is -2.29. The molecule has 1 aliphatic carbocycles. The number of hydrogen-bond donors (Lipinski definition) is 1. The number of nitrogens with one attached hydrogen (secondary N) is 1. The molecule has 2 heterocycles. The number of anilines is 2. The van der Waals surface area contributed by atoms with Crippen molar-refractivity contribution >= 4 is 45.2 Å². The Morgan fingerprint density at radius 2 is 1.83 bits per heavy atom. The fraction of sp³-hybridized carbons (Fsp3) is 0.345. The van der Waals surface area contributed by atoms with Crippen LogP contribution in [0.1, 0.15) is 60.5 Å². The minimum atomic E-state index is -0.159. The van der Waals surface area contributed by atoms with Gasteiger partial charge in [0.1, 0.15) is 10.7 Å². The molecule has 0 fully saturated rings. The van der Waals surface area contributed by atoms with Crippen LogP contribution in [0.3, 0.4) is 0 Å². The third-order valence-corrected chi connectivity index (χ3v) is 8.31. The Kier molecular flexibility index (Phi) is 6.09. The number of fused-ring (bicyclic) bond motifs is 2. The van der Waals surface area contributed by atoms with E-state index in [-0.39, 0.29) is 17.2 Å². The van der Waals surface area contributed by atoms with Crippen LogP contribution in [0.25, 0.3) is 0 Å². The minimum Gasteiger partial charge on any atom is -0.322 e. The molecule has 1 aliphatic heterocycles. The maximum atomic E-state index is 13.6. The Morgan fingerprint density at radius 3 is 2.54 bits per heavy atom. The van der Waals surface area contributed by atoms with Gasteiger partial charge in [-0.3, -0.25) is 9.59 Å². The lowest BCUT2D eigenvalue weighted by molar-refractivity contribution is -0.112. The average molecular weight is 486 g/mol. The van der Waals surface area contributed by atoms with Gasteiger partial charge in [-0.05, 0) is 61.3 Å². The molecule has 0 radical (unpaired) electrons. The van der Waals surface area contributed by atoms with Crippen molar-refractivity contribution in [2.45, 2.75) is 47.0 Å². The van der Waals surface area contributed by atoms with Crippen LogP contribution < -0.4 is 10.2 Å². The summed E-state index contributed by atoms with van der Waals surface area (Å²) in [4.78, 5) is 34.8. The number of carbonyl (C=O) groups excluding carboxylic acids is 2. The molecule has 1 aromatic heterocycles. The van der Waals surface area contributed by atoms with Crippen molar-refractivity contribution in [1.29, 1.82) is 0 Å². The van der Waals surface area contributed by atoms with E-state index in [0.717, 1.165) is 41.8 Å². The number of likely N-dealkylation sites (N-methyl/N-ethyl adjacent to an activating group) is 1. The molecule has 0 saturated heterocycles. The molecule has 3 aromatic rings. The molecule has 1 atom stereocenters. The van der Waals surface area contributed by atoms with Gasteiger partial charge in [-0.1, -0.05) is 57.2 Å². The van der Waals surface area contributed by atoms with Crippen molar-refractivity contribution in [1.82, 2.24) is 0 Å². The summed E-state index contributed by atoms with van der Waals surface area (Å²) in [5.41, 5.74) is 4.78. The Hall–Kier alpha value is -3.25. The van der Waals surface area contributed by atoms with Gasteiger partial charge >= 0.3 is 0 Å². The normalized spacial score (nSPS) is 18.5. The predicted octanol–water partition coefficient (Wildman–Crippen LogP) is 6.64. The van der Waals surface area contributed by atoms with E-state index in [1.54, 1.807) is 16.2 Å². The van der Waals surface area contributed by atoms with E-state index in [2.05, 4.69) is 26.1 Å². The second kappa shape index (κ2) is 9.08. The van der Waals surface area contributed by atoms with E-state index in [1.807, 2.05) is 61.5 Å². The SMILES string of the molecule is CCN1C(=O)C(=Nc2sc3c(c2C(=O)Nc2ccccc2)CC[C@H](C(C)(C)C)C3)c2ccccc21. The number of rotatable bonds is 4. The first-order chi connectivity index (χ1) is 16.8. The Bertz CT molecular complexity index is 1320. The quantitative estimate of drug-likeness (QED) is 0.450. The standard InChI is InChI=1S/C29H31N3O2S/c1-5-32-22-14-10-9-13-20(22)25(28(32)34)31-27-24(26(33)30-19-11-7-6-8-12-19)21-16-15-18(29(2,3)4)17-23(21)35-27/h6-14,18H,5,15-17H2,1-4H3,(H,30,33)/t18-/m0/s1. The van der Waals surface area contributed by atoms with Crippen LogP contribution in [0.5, 0.6) is 0 Å². The van der Waals surface area contributed by atoms with Gasteiger partial charge in [0.25, 0.3) is 11.8 Å². The first-order valence-electron chi connectivity index (χ1n) is 12.3. The molecule has 0 unspecified atom stereocenters. The molecule has 2 amide bonds. The van der Waals surface area contributed by atoms with Crippen molar-refractivity contribution in [2.75, 3.05) is 16.8 Å². The van der Waals surface area contributed by atoms with E-state index in [0.29, 0.717) is 28.7 Å². The summed E-state index contributed by atoms with van der Waals surface area (Å²) in [5.74, 6) is 0.277. The van der Waals surface area contributed by atoms with Crippen LogP contribution in [-0.2, 0) is 17.6 Å². The van der Waals surface area contributed by atoms with Gasteiger partial charge in [0.15, 0.2) is 0 Å². The molecule has 180 valence electrons. The molecule has 1 N–H and O–H groups in total. The van der Waals surface area contributed by atoms with Crippen LogP contribution in [0.2, 0.25) is 0 Å². The van der Waals surface area contributed by atoms with Gasteiger partial charge < -0.3 is 10.2 Å². The lowest BCUT2D eigenvalue weighted by atomic mass is 9.72. The Balaban J connectivity index is 1.61. The van der Waals surface area contributed by atoms with Crippen LogP contribution in [-0.4, -0.2) is 24.1 Å². The van der Waals surface area contributed by atoms with Crippen LogP contribution in [0.15, 0.2) is 59.6 Å². The lowest BCUT2D eigenvalue weighted by Gasteiger charge is -2.33. The molecule has 0 bridgehead atoms. The van der Waals surface area contributed by atoms with Crippen molar-refractivity contribution in [3.63, 3.8) is 0 Å². The molecule has 0 spiro atoms. The molecule has 0 saturated carbocycles. The zero-order valence-corrected chi connectivity index (χ0v) is 21.5. The summed E-state index contributed by atoms with van der Waals surface area (Å²) in [6, 6.07) is 17.3. The van der Waals surface area contributed by atoms with Gasteiger partial charge in [0.05, 0.1) is 11.3 Å². The number of nitrogens with zero attached hydrogens (tertiary/aromatic N) is 2. The monoisotopic (exact) mass is 485 g/mol. The third-order valence-electron chi connectivity index (χ3n) is 7.16. The van der Waals surface area contributed by atoms with Crippen molar-refractivity contribution in [2.24, 2.45) is 16.3 Å². The fourth-order valence-corrected chi connectivity index (χ4v) is 6.42. The maximum Gasteiger partial charge on any atom is 0.277 e. The largest absolute Gasteiger partial charge is 0.322 e. The van der Waals surface area contributed by atoms with Crippen LogP contribution in [0, 0.1) is 11.3 Å². The van der Waals surface area contributed by atoms with Crippen molar-refractivity contribution in [3.8, 4) is 0 Å². The average Bonchev–Trinajstić information content (AvgIpc) is 3.33. The molecular formula is C29H31N3O2S. The molecule has 5 nitrogen and oxygen atoms in total. The molecular weight excluding hydrogens is 454 g/mol. The van der Waals surface area contributed by atoms with Gasteiger partial charge in [-0.2, -0.15) is 0 Å². The number of para-hydroxylation sites is 2. The number of carbonyl (C=O) groups is 2. The predicted molar refractivity (Wildman–Crippen MR) is 144 cm³/mol. The summed E-state index contributed by atoms with van der Waals surface area (Å²) in [6.07, 6.45) is 2.83. The first-order valence-corrected chi connectivity index (χ1v) is 13.1. The van der Waals surface area contributed by atoms with Crippen molar-refractivity contribution < 1.29 is 9.59 Å². The highest BCUT2D eigenvalue weighted by Crippen LogP contribution is 2.46. The van der Waals surface area contributed by atoms with E-state index < -0.39 is 0 Å². The summed E-state index contributed by atoms with van der Waals surface area (Å²) in [7, 11) is 0. The van der Waals surface area contributed by atoms with E-state index in [1.165, 1.54) is 4.88 Å². The summed E-state index contributed by atoms with van der Waals surface area (Å²) in [5, 5.41) is 3.69. The second-order valence-corrected chi connectivity index (χ2v) is 11.4. The number of thiophene rings is 1. The highest BCUT2D eigenvalue weighted by molar-refractivity contribution is 7.16. The Morgan fingerprint density at radius 1 is 1.11 bits per heavy atom. The number of hydrogen-bond acceptors (Lipinski definition) is 4. The number of aliphatic imine (C=N–C) groups is 1. The highest BCUT2D eigenvalue weighted by atomic mass is 32.1. The molecule has 35 heavy (non-hydrogen) atoms. The first kappa shape index (κ1) is 23.5. The second-order valence-electron chi connectivity index (χ2n) is 10.3. The van der Waals surface area contributed by atoms with Crippen LogP contribution >= 0.6 is 11.3 Å². The van der Waals surface area contributed by atoms with Gasteiger partial charge in [-0.15, -0.1) is 11.3 Å². The topological polar surface area (TPSA) is 61.8 Å². The molecule has 6 heteroatoms. The van der Waals surface area contributed by atoms with E-state index >= 15 is 0 Å².